The normalized spacial score (nSPS) is 17.9. The zero-order valence-electron chi connectivity index (χ0n) is 11.3. The highest BCUT2D eigenvalue weighted by Crippen LogP contribution is 2.20. The van der Waals surface area contributed by atoms with Crippen LogP contribution in [0.15, 0.2) is 6.33 Å². The largest absolute Gasteiger partial charge is 0.480 e. The summed E-state index contributed by atoms with van der Waals surface area (Å²) in [6.45, 7) is 1.39. The second-order valence-corrected chi connectivity index (χ2v) is 4.58. The van der Waals surface area contributed by atoms with E-state index in [1.165, 1.54) is 11.2 Å². The number of aromatic nitrogens is 2. The summed E-state index contributed by atoms with van der Waals surface area (Å²) in [5.41, 5.74) is 1.52. The number of carboxylic acid groups (broad SMARTS) is 1. The molecule has 1 aliphatic rings. The Morgan fingerprint density at radius 2 is 2.45 bits per heavy atom. The van der Waals surface area contributed by atoms with Crippen LogP contribution in [0.5, 0.6) is 0 Å². The highest BCUT2D eigenvalue weighted by Gasteiger charge is 2.35. The molecule has 1 aliphatic heterocycles. The van der Waals surface area contributed by atoms with Crippen molar-refractivity contribution in [3.8, 4) is 0 Å². The third-order valence-corrected chi connectivity index (χ3v) is 3.26. The first kappa shape index (κ1) is 14.5. The van der Waals surface area contributed by atoms with Crippen LogP contribution in [0.25, 0.3) is 0 Å². The van der Waals surface area contributed by atoms with Crippen LogP contribution < -0.4 is 5.32 Å². The molecule has 8 nitrogen and oxygen atoms in total. The zero-order chi connectivity index (χ0) is 14.5. The molecule has 1 unspecified atom stereocenters. The first-order chi connectivity index (χ1) is 9.63. The summed E-state index contributed by atoms with van der Waals surface area (Å²) in [6, 6.07) is -0.859. The predicted molar refractivity (Wildman–Crippen MR) is 69.0 cm³/mol. The van der Waals surface area contributed by atoms with Crippen LogP contribution in [0.3, 0.4) is 0 Å². The van der Waals surface area contributed by atoms with Crippen molar-refractivity contribution in [3.05, 3.63) is 17.7 Å². The highest BCUT2D eigenvalue weighted by molar-refractivity contribution is 5.85. The molecule has 2 heterocycles. The number of nitrogens with zero attached hydrogens (tertiary/aromatic N) is 2. The molecule has 1 aromatic heterocycles. The summed E-state index contributed by atoms with van der Waals surface area (Å²) < 4.78 is 4.87. The van der Waals surface area contributed by atoms with Crippen molar-refractivity contribution in [2.45, 2.75) is 19.0 Å². The maximum Gasteiger partial charge on any atom is 0.326 e. The lowest BCUT2D eigenvalue weighted by atomic mass is 10.0. The molecule has 0 bridgehead atoms. The minimum atomic E-state index is -1.01. The molecular weight excluding hydrogens is 264 g/mol. The standard InChI is InChI=1S/C12H18N4O4/c1-20-3-2-13-5-11(17)16-6-9-8(14-7-15-9)4-10(16)12(18)19/h7,10,13H,2-6H2,1H3,(H,14,15)(H,18,19). The monoisotopic (exact) mass is 282 g/mol. The Bertz CT molecular complexity index is 488. The number of nitrogens with one attached hydrogen (secondary N) is 2. The average Bonchev–Trinajstić information content (AvgIpc) is 2.89. The number of imidazole rings is 1. The maximum absolute atomic E-state index is 12.1. The molecule has 0 aromatic carbocycles. The molecule has 0 radical (unpaired) electrons. The number of carbonyl (C=O) groups is 2. The van der Waals surface area contributed by atoms with E-state index in [1.807, 2.05) is 0 Å². The van der Waals surface area contributed by atoms with Gasteiger partial charge < -0.3 is 25.0 Å². The van der Waals surface area contributed by atoms with E-state index in [1.54, 1.807) is 7.11 Å². The van der Waals surface area contributed by atoms with Crippen molar-refractivity contribution in [2.24, 2.45) is 0 Å². The van der Waals surface area contributed by atoms with Crippen LogP contribution in [0.2, 0.25) is 0 Å². The van der Waals surface area contributed by atoms with Gasteiger partial charge in [-0.3, -0.25) is 4.79 Å². The molecule has 0 saturated carbocycles. The lowest BCUT2D eigenvalue weighted by molar-refractivity contribution is -0.151. The number of hydrogen-bond donors (Lipinski definition) is 3. The van der Waals surface area contributed by atoms with Gasteiger partial charge in [0.1, 0.15) is 6.04 Å². The zero-order valence-corrected chi connectivity index (χ0v) is 11.3. The molecule has 0 fully saturated rings. The van der Waals surface area contributed by atoms with Gasteiger partial charge >= 0.3 is 5.97 Å². The number of methoxy groups -OCH3 is 1. The fraction of sp³-hybridized carbons (Fsp3) is 0.583. The number of rotatable bonds is 6. The van der Waals surface area contributed by atoms with Gasteiger partial charge in [0, 0.05) is 20.1 Å². The second kappa shape index (κ2) is 6.49. The number of fused-ring (bicyclic) bond motifs is 1. The van der Waals surface area contributed by atoms with Crippen molar-refractivity contribution in [3.63, 3.8) is 0 Å². The third kappa shape index (κ3) is 3.14. The Morgan fingerprint density at radius 1 is 1.65 bits per heavy atom. The Kier molecular flexibility index (Phi) is 4.70. The quantitative estimate of drug-likeness (QED) is 0.577. The fourth-order valence-corrected chi connectivity index (χ4v) is 2.19. The predicted octanol–water partition coefficient (Wildman–Crippen LogP) is -1.02. The van der Waals surface area contributed by atoms with Crippen molar-refractivity contribution < 1.29 is 19.4 Å². The van der Waals surface area contributed by atoms with E-state index >= 15 is 0 Å². The van der Waals surface area contributed by atoms with Gasteiger partial charge in [0.05, 0.1) is 37.4 Å². The molecule has 20 heavy (non-hydrogen) atoms. The molecule has 0 aliphatic carbocycles. The average molecular weight is 282 g/mol. The Labute approximate surface area is 116 Å². The van der Waals surface area contributed by atoms with E-state index in [-0.39, 0.29) is 25.4 Å². The number of aromatic amines is 1. The minimum Gasteiger partial charge on any atom is -0.480 e. The molecule has 0 saturated heterocycles. The van der Waals surface area contributed by atoms with Crippen LogP contribution in [0, 0.1) is 0 Å². The first-order valence-corrected chi connectivity index (χ1v) is 6.36. The Morgan fingerprint density at radius 3 is 3.15 bits per heavy atom. The lowest BCUT2D eigenvalue weighted by Gasteiger charge is -2.32. The number of amides is 1. The van der Waals surface area contributed by atoms with Gasteiger partial charge in [-0.25, -0.2) is 9.78 Å². The van der Waals surface area contributed by atoms with Crippen molar-refractivity contribution in [1.29, 1.82) is 0 Å². The summed E-state index contributed by atoms with van der Waals surface area (Å²) in [5.74, 6) is -1.25. The first-order valence-electron chi connectivity index (χ1n) is 6.36. The number of H-pyrrole nitrogens is 1. The molecule has 110 valence electrons. The minimum absolute atomic E-state index is 0.0939. The van der Waals surface area contributed by atoms with E-state index in [4.69, 9.17) is 4.74 Å². The fourth-order valence-electron chi connectivity index (χ4n) is 2.19. The molecule has 2 rings (SSSR count). The topological polar surface area (TPSA) is 108 Å². The number of ether oxygens (including phenoxy) is 1. The summed E-state index contributed by atoms with van der Waals surface area (Å²) in [4.78, 5) is 31.8. The number of aliphatic carboxylic acids is 1. The van der Waals surface area contributed by atoms with Gasteiger partial charge in [-0.1, -0.05) is 0 Å². The smallest absolute Gasteiger partial charge is 0.326 e. The van der Waals surface area contributed by atoms with Crippen molar-refractivity contribution in [1.82, 2.24) is 20.2 Å². The van der Waals surface area contributed by atoms with Gasteiger partial charge in [0.15, 0.2) is 0 Å². The second-order valence-electron chi connectivity index (χ2n) is 4.58. The van der Waals surface area contributed by atoms with E-state index in [0.29, 0.717) is 18.8 Å². The Hall–Kier alpha value is -1.93. The Balaban J connectivity index is 2.01. The van der Waals surface area contributed by atoms with E-state index in [9.17, 15) is 14.7 Å². The van der Waals surface area contributed by atoms with E-state index in [0.717, 1.165) is 5.69 Å². The van der Waals surface area contributed by atoms with Crippen molar-refractivity contribution in [2.75, 3.05) is 26.8 Å². The molecule has 3 N–H and O–H groups in total. The molecule has 0 spiro atoms. The van der Waals surface area contributed by atoms with Gasteiger partial charge in [0.2, 0.25) is 5.91 Å². The number of carboxylic acids is 1. The molecule has 1 atom stereocenters. The molecule has 1 amide bonds. The van der Waals surface area contributed by atoms with Crippen LogP contribution in [-0.4, -0.2) is 64.7 Å². The summed E-state index contributed by atoms with van der Waals surface area (Å²) in [6.07, 6.45) is 1.76. The van der Waals surface area contributed by atoms with Crippen molar-refractivity contribution >= 4 is 11.9 Å². The highest BCUT2D eigenvalue weighted by atomic mass is 16.5. The van der Waals surface area contributed by atoms with E-state index < -0.39 is 12.0 Å². The summed E-state index contributed by atoms with van der Waals surface area (Å²) >= 11 is 0. The third-order valence-electron chi connectivity index (χ3n) is 3.26. The number of carbonyl (C=O) groups excluding carboxylic acids is 1. The van der Waals surface area contributed by atoms with E-state index in [2.05, 4.69) is 15.3 Å². The SMILES string of the molecule is COCCNCC(=O)N1Cc2[nH]cnc2CC1C(=O)O. The molecule has 8 heteroatoms. The van der Waals surface area contributed by atoms with Gasteiger partial charge in [0.25, 0.3) is 0 Å². The van der Waals surface area contributed by atoms with Crippen LogP contribution in [0.4, 0.5) is 0 Å². The molecule has 1 aromatic rings. The lowest BCUT2D eigenvalue weighted by Crippen LogP contribution is -2.51. The van der Waals surface area contributed by atoms with Gasteiger partial charge in [-0.2, -0.15) is 0 Å². The van der Waals surface area contributed by atoms with Crippen LogP contribution in [-0.2, 0) is 27.3 Å². The molecular formula is C12H18N4O4. The van der Waals surface area contributed by atoms with Gasteiger partial charge in [-0.05, 0) is 0 Å². The summed E-state index contributed by atoms with van der Waals surface area (Å²) in [5, 5.41) is 12.2. The van der Waals surface area contributed by atoms with Crippen LogP contribution in [0.1, 0.15) is 11.4 Å². The summed E-state index contributed by atoms with van der Waals surface area (Å²) in [7, 11) is 1.58. The van der Waals surface area contributed by atoms with Crippen LogP contribution >= 0.6 is 0 Å². The van der Waals surface area contributed by atoms with Gasteiger partial charge in [-0.15, -0.1) is 0 Å². The number of hydrogen-bond acceptors (Lipinski definition) is 5. The maximum atomic E-state index is 12.1.